The Morgan fingerprint density at radius 2 is 0.909 bits per heavy atom. The highest BCUT2D eigenvalue weighted by Crippen LogP contribution is 2.38. The van der Waals surface area contributed by atoms with Gasteiger partial charge in [0.1, 0.15) is 17.4 Å². The van der Waals surface area contributed by atoms with Gasteiger partial charge in [0, 0.05) is 190 Å². The van der Waals surface area contributed by atoms with Crippen molar-refractivity contribution in [3.05, 3.63) is 248 Å². The average molecular weight is 2230 g/mol. The molecule has 752 valence electrons. The molecule has 143 heavy (non-hydrogen) atoms. The van der Waals surface area contributed by atoms with E-state index < -0.39 is 14.8 Å². The molecule has 12 aromatic heterocycles. The van der Waals surface area contributed by atoms with Gasteiger partial charge in [-0.15, -0.1) is 12.4 Å². The van der Waals surface area contributed by atoms with Gasteiger partial charge in [0.05, 0.1) is 170 Å². The van der Waals surface area contributed by atoms with Gasteiger partial charge in [-0.25, -0.2) is 15.0 Å². The first-order chi connectivity index (χ1) is 67.6. The van der Waals surface area contributed by atoms with Crippen LogP contribution in [0.3, 0.4) is 0 Å². The molecular weight excluding hydrogens is 2130 g/mol. The third-order valence-corrected chi connectivity index (χ3v) is 26.1. The summed E-state index contributed by atoms with van der Waals surface area (Å²) in [6.45, 7) is 26.0. The molecule has 52 heteroatoms. The number of imidazole rings is 3. The van der Waals surface area contributed by atoms with Crippen molar-refractivity contribution in [3.63, 3.8) is 0 Å². The van der Waals surface area contributed by atoms with Crippen LogP contribution < -0.4 is 27.1 Å². The fraction of sp³-hybridized carbons (Fsp3) is 0.363. The number of fused-ring (bicyclic) bond motifs is 10. The summed E-state index contributed by atoms with van der Waals surface area (Å²) in [5.74, 6) is 2.47. The van der Waals surface area contributed by atoms with Gasteiger partial charge in [-0.05, 0) is 121 Å². The van der Waals surface area contributed by atoms with E-state index in [1.165, 1.54) is 32.0 Å². The number of nitrogens with zero attached hydrogens (tertiary/aromatic N) is 25. The molecule has 0 atom stereocenters. The summed E-state index contributed by atoms with van der Waals surface area (Å²) in [5.41, 5.74) is 22.1. The van der Waals surface area contributed by atoms with Crippen molar-refractivity contribution in [3.8, 4) is 11.1 Å². The first-order valence-electron chi connectivity index (χ1n) is 44.8. The summed E-state index contributed by atoms with van der Waals surface area (Å²) in [6.07, 6.45) is 18.7. The number of ketones is 2. The Morgan fingerprint density at radius 1 is 0.497 bits per heavy atom. The van der Waals surface area contributed by atoms with Crippen LogP contribution in [0.15, 0.2) is 151 Å². The Labute approximate surface area is 864 Å². The monoisotopic (exact) mass is 2230 g/mol. The molecule has 6 aliphatic heterocycles. The number of anilines is 5. The molecule has 4 amide bonds. The molecule has 1 saturated heterocycles. The molecule has 8 aliphatic rings. The zero-order valence-electron chi connectivity index (χ0n) is 79.0. The van der Waals surface area contributed by atoms with Crippen molar-refractivity contribution >= 4 is 211 Å². The van der Waals surface area contributed by atoms with E-state index in [0.717, 1.165) is 137 Å². The molecule has 2 aliphatic carbocycles. The first-order valence-corrected chi connectivity index (χ1v) is 48.9. The van der Waals surface area contributed by atoms with Crippen molar-refractivity contribution in [2.75, 3.05) is 54.4 Å². The van der Waals surface area contributed by atoms with Gasteiger partial charge in [0.15, 0.2) is 28.6 Å². The van der Waals surface area contributed by atoms with E-state index in [4.69, 9.17) is 38.2 Å². The minimum atomic E-state index is -0.524. The number of nitrogen functional groups attached to an aromatic ring is 1. The van der Waals surface area contributed by atoms with Gasteiger partial charge in [0.25, 0.3) is 0 Å². The van der Waals surface area contributed by atoms with Crippen LogP contribution in [0.25, 0.3) is 28.1 Å². The van der Waals surface area contributed by atoms with Crippen molar-refractivity contribution in [2.45, 2.75) is 177 Å². The lowest BCUT2D eigenvalue weighted by Gasteiger charge is -2.32. The topological polar surface area (TPSA) is 501 Å². The minimum Gasteiger partial charge on any atom is -0.399 e. The molecule has 0 saturated carbocycles. The van der Waals surface area contributed by atoms with Crippen molar-refractivity contribution in [2.24, 2.45) is 0 Å². The zero-order chi connectivity index (χ0) is 102. The lowest BCUT2D eigenvalue weighted by Crippen LogP contribution is -2.41. The first kappa shape index (κ1) is 107. The number of carbonyl (C=O) groups is 7. The van der Waals surface area contributed by atoms with Crippen LogP contribution in [0, 0.1) is 30.3 Å². The van der Waals surface area contributed by atoms with Gasteiger partial charge in [-0.1, -0.05) is 91.5 Å². The van der Waals surface area contributed by atoms with Crippen molar-refractivity contribution < 1.29 is 57.6 Å². The van der Waals surface area contributed by atoms with Crippen LogP contribution in [-0.2, 0) is 146 Å². The standard InChI is InChI=1S/C24H22N6O2.C15H19BO3.C15H15ClN6O.C8H10N4O3.C8H12N4O.C7H4BrClN2.C6H7Br2N3O2.C6H8N4O2.C2H3ClO.ClH/c1-15(31)28-6-7-30-20(14-28)12-23(27-30)26-22-11-19(13-29-5-4-25-24(22)29)16-2-3-17-9-21(32)10-18(17)8-16;1-14(2)15(3,4)19-16(18-14)12-6-5-10-8-13(17)9-11(10)7-12;1-10(23)20-4-5-22-12(9-20)7-14(19-22)18-13-6-11(16)8-21-3-2-17-15(13)21;1-6(13)10-2-3-11-7(5-10)4-8(9-11)12(14)15;1-6(13)11-2-3-12-7(5-11)4-8(9)10-12;8-6-3-5(9)4-11-2-1-10-7(6)11;7-1-2-10-5(4-8)3-6(9-10)11(12)13;11-10(12)6-3-5-4-7-1-2-9(5)8-6;1-2(3)4;/h2-5,8,11-13H,6-7,9-10,14H2,1H3,(H,26,27);5-7H,8-9H2,1-4H3;2-3,6-8H,4-5,9H2,1H3,(H,18,19);4H,2-3,5H2,1H3;4H,2-3,5H2,1H3,(H2,9,10);1-4H;3H,1-2,4H2;3,7H,1-2,4H2;1H3;1H. The average Bonchev–Trinajstić information content (AvgIpc) is 1.66. The number of amides is 4. The largest absolute Gasteiger partial charge is 0.494 e. The third kappa shape index (κ3) is 26.8. The van der Waals surface area contributed by atoms with Crippen LogP contribution >= 0.6 is 95.0 Å². The quantitative estimate of drug-likeness (QED) is 0.0290. The maximum atomic E-state index is 11.8. The summed E-state index contributed by atoms with van der Waals surface area (Å²) < 4.78 is 29.3. The van der Waals surface area contributed by atoms with E-state index in [1.54, 1.807) is 69.4 Å². The second kappa shape index (κ2) is 46.9. The number of rotatable bonds is 12. The third-order valence-electron chi connectivity index (χ3n) is 24.2. The van der Waals surface area contributed by atoms with Gasteiger partial charge in [-0.3, -0.25) is 47.6 Å². The van der Waals surface area contributed by atoms with Crippen LogP contribution in [0.5, 0.6) is 0 Å². The van der Waals surface area contributed by atoms with Crippen molar-refractivity contribution in [1.82, 2.24) is 112 Å². The second-order valence-corrected chi connectivity index (χ2v) is 38.4. The summed E-state index contributed by atoms with van der Waals surface area (Å²) >= 11 is 26.4. The van der Waals surface area contributed by atoms with Crippen LogP contribution in [0.2, 0.25) is 10.0 Å². The number of aromatic nitrogens is 18. The van der Waals surface area contributed by atoms with E-state index in [9.17, 15) is 63.9 Å². The number of pyridine rings is 3. The summed E-state index contributed by atoms with van der Waals surface area (Å²) in [7, 11) is -0.342. The van der Waals surface area contributed by atoms with E-state index in [2.05, 4.69) is 157 Å². The number of carbonyl (C=O) groups excluding carboxylic acids is 7. The summed E-state index contributed by atoms with van der Waals surface area (Å²) in [5, 5.41) is 68.1. The van der Waals surface area contributed by atoms with E-state index in [1.807, 2.05) is 132 Å². The molecule has 2 aromatic carbocycles. The summed E-state index contributed by atoms with van der Waals surface area (Å²) in [6, 6.07) is 28.2. The Hall–Kier alpha value is -13.2. The predicted octanol–water partition coefficient (Wildman–Crippen LogP) is 12.8. The van der Waals surface area contributed by atoms with E-state index in [-0.39, 0.29) is 82.8 Å². The molecule has 44 nitrogen and oxygen atoms in total. The maximum absolute atomic E-state index is 11.8. The number of Topliss-reactive ketones (excluding diaryl/α,β-unsaturated/α-hetero) is 2. The molecule has 1 fully saturated rings. The molecule has 5 N–H and O–H groups in total. The second-order valence-electron chi connectivity index (χ2n) is 34.8. The molecule has 0 bridgehead atoms. The highest BCUT2D eigenvalue weighted by atomic mass is 79.9. The van der Waals surface area contributed by atoms with Gasteiger partial charge >= 0.3 is 24.6 Å². The molecule has 0 spiro atoms. The molecule has 14 aromatic rings. The van der Waals surface area contributed by atoms with Crippen LogP contribution in [-0.4, -0.2) is 218 Å². The fourth-order valence-corrected chi connectivity index (χ4v) is 18.3. The molecular formula is C91H101BBr3Cl4N29O15. The normalized spacial score (nSPS) is 15.1. The van der Waals surface area contributed by atoms with Crippen LogP contribution in [0.1, 0.15) is 119 Å². The Bertz CT molecular complexity index is 7080. The van der Waals surface area contributed by atoms with Gasteiger partial charge in [0.2, 0.25) is 28.9 Å². The van der Waals surface area contributed by atoms with Gasteiger partial charge in [-0.2, -0.15) is 29.3 Å². The lowest BCUT2D eigenvalue weighted by molar-refractivity contribution is -0.390. The number of aryl methyl sites for hydroxylation is 1. The molecule has 0 unspecified atom stereocenters. The number of nitrogens with two attached hydrogens (primary N) is 1. The number of halogens is 7. The highest BCUT2D eigenvalue weighted by Gasteiger charge is 2.52. The number of hydrogen-bond donors (Lipinski definition) is 4. The molecule has 18 heterocycles. The number of alkyl halides is 2. The maximum Gasteiger partial charge on any atom is 0.494 e. The van der Waals surface area contributed by atoms with Gasteiger partial charge < -0.3 is 94.1 Å². The van der Waals surface area contributed by atoms with E-state index >= 15 is 0 Å². The number of nitro groups is 3. The minimum absolute atomic E-state index is 0. The number of benzene rings is 2. The fourth-order valence-electron chi connectivity index (χ4n) is 16.4. The molecule has 0 radical (unpaired) electrons. The predicted molar refractivity (Wildman–Crippen MR) is 546 cm³/mol. The Balaban J connectivity index is 0.000000140. The molecule has 22 rings (SSSR count). The SMILES string of the molecule is CC(=O)Cl.CC(=O)N1CCn2nc(N)cc2C1.CC(=O)N1CCn2nc(Nc3cc(-c4ccc5c(c4)CC(=O)C5)cn4ccnc34)cc2C1.CC(=O)N1CCn2nc(Nc3cc(Cl)cn4ccnc34)cc2C1.CC(=O)N1CCn2nc([N+](=O)[O-])cc2C1.CC1(C)OB(c2ccc3c(c2)CC(=O)C3)OC1(C)C.Cl.Clc1cc(Br)c2nccn2c1.O=[N+]([O-])c1cc(CBr)n(CCBr)n1.O=[N+]([O-])c1cc2n(n1)CCNC2. The Morgan fingerprint density at radius 3 is 1.39 bits per heavy atom. The zero-order valence-corrected chi connectivity index (χ0v) is 86.9. The Kier molecular flexibility index (Phi) is 35.1. The van der Waals surface area contributed by atoms with Crippen LogP contribution in [0.4, 0.5) is 46.3 Å². The highest BCUT2D eigenvalue weighted by molar-refractivity contribution is 9.10. The van der Waals surface area contributed by atoms with Crippen molar-refractivity contribution in [1.29, 1.82) is 0 Å². The summed E-state index contributed by atoms with van der Waals surface area (Å²) in [4.78, 5) is 128. The lowest BCUT2D eigenvalue weighted by atomic mass is 9.78. The number of hydrogen-bond acceptors (Lipinski definition) is 28. The van der Waals surface area contributed by atoms with E-state index in [0.29, 0.717) is 143 Å². The number of nitrogens with one attached hydrogen (secondary N) is 3. The smallest absolute Gasteiger partial charge is 0.399 e.